The highest BCUT2D eigenvalue weighted by molar-refractivity contribution is 6.02. The van der Waals surface area contributed by atoms with Crippen molar-refractivity contribution in [2.45, 2.75) is 0 Å². The number of benzene rings is 1. The number of furan rings is 1. The lowest BCUT2D eigenvalue weighted by Gasteiger charge is -2.04. The zero-order valence-corrected chi connectivity index (χ0v) is 9.85. The highest BCUT2D eigenvalue weighted by Gasteiger charge is 2.08. The van der Waals surface area contributed by atoms with Gasteiger partial charge in [-0.2, -0.15) is 5.10 Å². The van der Waals surface area contributed by atoms with Crippen molar-refractivity contribution in [3.63, 3.8) is 0 Å². The van der Waals surface area contributed by atoms with Crippen LogP contribution >= 0.6 is 0 Å². The molecule has 0 spiro atoms. The maximum atomic E-state index is 11.8. The predicted molar refractivity (Wildman–Crippen MR) is 68.0 cm³/mol. The minimum Gasteiger partial charge on any atom is -0.459 e. The summed E-state index contributed by atoms with van der Waals surface area (Å²) in [6.45, 7) is 0. The normalized spacial score (nSPS) is 10.3. The summed E-state index contributed by atoms with van der Waals surface area (Å²) in [6.07, 6.45) is 4.53. The molecule has 6 heteroatoms. The van der Waals surface area contributed by atoms with Gasteiger partial charge < -0.3 is 9.73 Å². The first-order chi connectivity index (χ1) is 9.33. The van der Waals surface area contributed by atoms with E-state index in [9.17, 15) is 4.79 Å². The second kappa shape index (κ2) is 4.77. The van der Waals surface area contributed by atoms with Crippen molar-refractivity contribution in [1.29, 1.82) is 0 Å². The van der Waals surface area contributed by atoms with E-state index in [-0.39, 0.29) is 11.7 Å². The molecule has 3 rings (SSSR count). The minimum absolute atomic E-state index is 0.278. The average molecular weight is 254 g/mol. The van der Waals surface area contributed by atoms with Gasteiger partial charge in [-0.25, -0.2) is 9.67 Å². The molecule has 19 heavy (non-hydrogen) atoms. The zero-order valence-electron chi connectivity index (χ0n) is 9.85. The summed E-state index contributed by atoms with van der Waals surface area (Å²) in [5, 5.41) is 6.76. The Morgan fingerprint density at radius 2 is 2.05 bits per heavy atom. The van der Waals surface area contributed by atoms with E-state index >= 15 is 0 Å². The number of carbonyl (C=O) groups is 1. The summed E-state index contributed by atoms with van der Waals surface area (Å²) < 4.78 is 6.65. The Kier molecular flexibility index (Phi) is 2.82. The largest absolute Gasteiger partial charge is 0.459 e. The van der Waals surface area contributed by atoms with Gasteiger partial charge in [-0.1, -0.05) is 0 Å². The topological polar surface area (TPSA) is 73.0 Å². The lowest BCUT2D eigenvalue weighted by atomic mass is 10.2. The van der Waals surface area contributed by atoms with Crippen molar-refractivity contribution in [3.05, 3.63) is 61.1 Å². The fourth-order valence-corrected chi connectivity index (χ4v) is 1.64. The third kappa shape index (κ3) is 2.37. The fraction of sp³-hybridized carbons (Fsp3) is 0. The molecule has 1 amide bonds. The molecule has 0 radical (unpaired) electrons. The molecule has 0 atom stereocenters. The molecule has 2 aromatic heterocycles. The molecular formula is C13H10N4O2. The minimum atomic E-state index is -0.279. The summed E-state index contributed by atoms with van der Waals surface area (Å²) in [5.74, 6) is -0.00106. The molecule has 0 unspecified atom stereocenters. The quantitative estimate of drug-likeness (QED) is 0.776. The highest BCUT2D eigenvalue weighted by Crippen LogP contribution is 2.13. The molecular weight excluding hydrogens is 244 g/mol. The average Bonchev–Trinajstić information content (AvgIpc) is 3.13. The second-order valence-corrected chi connectivity index (χ2v) is 3.82. The first kappa shape index (κ1) is 11.2. The molecule has 0 bridgehead atoms. The number of hydrogen-bond acceptors (Lipinski definition) is 4. The Hall–Kier alpha value is -2.89. The molecule has 2 heterocycles. The molecule has 0 fully saturated rings. The first-order valence-electron chi connectivity index (χ1n) is 5.63. The van der Waals surface area contributed by atoms with Crippen LogP contribution in [0, 0.1) is 0 Å². The van der Waals surface area contributed by atoms with Crippen LogP contribution < -0.4 is 5.32 Å². The van der Waals surface area contributed by atoms with Crippen LogP contribution in [0.1, 0.15) is 10.6 Å². The molecule has 3 aromatic rings. The number of nitrogens with one attached hydrogen (secondary N) is 1. The molecule has 6 nitrogen and oxygen atoms in total. The van der Waals surface area contributed by atoms with Crippen LogP contribution in [0.4, 0.5) is 5.69 Å². The van der Waals surface area contributed by atoms with Crippen molar-refractivity contribution in [3.8, 4) is 5.69 Å². The third-order valence-corrected chi connectivity index (χ3v) is 2.55. The molecule has 0 saturated carbocycles. The number of carbonyl (C=O) groups excluding carboxylic acids is 1. The Bertz CT molecular complexity index is 657. The van der Waals surface area contributed by atoms with Gasteiger partial charge in [0, 0.05) is 5.69 Å². The summed E-state index contributed by atoms with van der Waals surface area (Å²) in [6, 6.07) is 10.5. The maximum Gasteiger partial charge on any atom is 0.291 e. The number of hydrogen-bond donors (Lipinski definition) is 1. The predicted octanol–water partition coefficient (Wildman–Crippen LogP) is 2.11. The molecule has 0 aliphatic carbocycles. The zero-order chi connectivity index (χ0) is 13.1. The van der Waals surface area contributed by atoms with Gasteiger partial charge in [0.2, 0.25) is 0 Å². The number of amides is 1. The van der Waals surface area contributed by atoms with Gasteiger partial charge in [0.25, 0.3) is 5.91 Å². The maximum absolute atomic E-state index is 11.8. The monoisotopic (exact) mass is 254 g/mol. The van der Waals surface area contributed by atoms with Crippen LogP contribution in [0.5, 0.6) is 0 Å². The van der Waals surface area contributed by atoms with E-state index < -0.39 is 0 Å². The van der Waals surface area contributed by atoms with Gasteiger partial charge in [-0.3, -0.25) is 4.79 Å². The second-order valence-electron chi connectivity index (χ2n) is 3.82. The van der Waals surface area contributed by atoms with E-state index in [1.165, 1.54) is 12.6 Å². The Labute approximate surface area is 108 Å². The summed E-state index contributed by atoms with van der Waals surface area (Å²) in [7, 11) is 0. The smallest absolute Gasteiger partial charge is 0.291 e. The van der Waals surface area contributed by atoms with E-state index in [4.69, 9.17) is 4.42 Å². The van der Waals surface area contributed by atoms with Crippen molar-refractivity contribution in [1.82, 2.24) is 14.8 Å². The van der Waals surface area contributed by atoms with E-state index in [0.717, 1.165) is 5.69 Å². The molecule has 0 saturated heterocycles. The first-order valence-corrected chi connectivity index (χ1v) is 5.63. The van der Waals surface area contributed by atoms with Crippen LogP contribution in [0.2, 0.25) is 0 Å². The van der Waals surface area contributed by atoms with Crippen molar-refractivity contribution in [2.75, 3.05) is 5.32 Å². The van der Waals surface area contributed by atoms with E-state index in [0.29, 0.717) is 5.69 Å². The van der Waals surface area contributed by atoms with Gasteiger partial charge in [0.05, 0.1) is 12.0 Å². The van der Waals surface area contributed by atoms with Crippen LogP contribution in [0.15, 0.2) is 59.7 Å². The Morgan fingerprint density at radius 3 is 2.68 bits per heavy atom. The van der Waals surface area contributed by atoms with Crippen molar-refractivity contribution >= 4 is 11.6 Å². The van der Waals surface area contributed by atoms with Crippen LogP contribution in [-0.4, -0.2) is 20.7 Å². The third-order valence-electron chi connectivity index (χ3n) is 2.55. The number of aromatic nitrogens is 3. The number of nitrogens with zero attached hydrogens (tertiary/aromatic N) is 3. The molecule has 0 aliphatic rings. The standard InChI is InChI=1S/C13H10N4O2/c18-13(12-2-1-7-19-12)16-10-3-5-11(6-4-10)17-9-14-8-15-17/h1-9H,(H,16,18). The SMILES string of the molecule is O=C(Nc1ccc(-n2cncn2)cc1)c1ccco1. The van der Waals surface area contributed by atoms with E-state index in [1.54, 1.807) is 35.3 Å². The van der Waals surface area contributed by atoms with Gasteiger partial charge >= 0.3 is 0 Å². The van der Waals surface area contributed by atoms with Gasteiger partial charge in [0.1, 0.15) is 12.7 Å². The van der Waals surface area contributed by atoms with Crippen LogP contribution in [-0.2, 0) is 0 Å². The van der Waals surface area contributed by atoms with Crippen LogP contribution in [0.3, 0.4) is 0 Å². The van der Waals surface area contributed by atoms with Gasteiger partial charge in [-0.15, -0.1) is 0 Å². The number of rotatable bonds is 3. The fourth-order valence-electron chi connectivity index (χ4n) is 1.64. The Morgan fingerprint density at radius 1 is 1.21 bits per heavy atom. The lowest BCUT2D eigenvalue weighted by Crippen LogP contribution is -2.10. The Balaban J connectivity index is 1.75. The molecule has 1 aromatic carbocycles. The number of anilines is 1. The van der Waals surface area contributed by atoms with E-state index in [1.807, 2.05) is 12.1 Å². The summed E-state index contributed by atoms with van der Waals surface area (Å²) in [4.78, 5) is 15.6. The van der Waals surface area contributed by atoms with E-state index in [2.05, 4.69) is 15.4 Å². The molecule has 1 N–H and O–H groups in total. The lowest BCUT2D eigenvalue weighted by molar-refractivity contribution is 0.0996. The van der Waals surface area contributed by atoms with Gasteiger partial charge in [0.15, 0.2) is 5.76 Å². The molecule has 94 valence electrons. The van der Waals surface area contributed by atoms with Gasteiger partial charge in [-0.05, 0) is 36.4 Å². The van der Waals surface area contributed by atoms with Crippen molar-refractivity contribution in [2.24, 2.45) is 0 Å². The van der Waals surface area contributed by atoms with Crippen molar-refractivity contribution < 1.29 is 9.21 Å². The summed E-state index contributed by atoms with van der Waals surface area (Å²) >= 11 is 0. The highest BCUT2D eigenvalue weighted by atomic mass is 16.3. The van der Waals surface area contributed by atoms with Crippen LogP contribution in [0.25, 0.3) is 5.69 Å². The molecule has 0 aliphatic heterocycles. The summed E-state index contributed by atoms with van der Waals surface area (Å²) in [5.41, 5.74) is 1.55.